The summed E-state index contributed by atoms with van der Waals surface area (Å²) in [5.74, 6) is -0.656. The fourth-order valence-electron chi connectivity index (χ4n) is 4.56. The molecule has 7 nitrogen and oxygen atoms in total. The van der Waals surface area contributed by atoms with Crippen molar-refractivity contribution in [1.29, 1.82) is 0 Å². The highest BCUT2D eigenvalue weighted by Crippen LogP contribution is 2.28. The Morgan fingerprint density at radius 1 is 0.892 bits per heavy atom. The van der Waals surface area contributed by atoms with Gasteiger partial charge in [-0.15, -0.1) is 0 Å². The summed E-state index contributed by atoms with van der Waals surface area (Å²) in [5, 5.41) is 2.81. The molecule has 1 N–H and O–H groups in total. The van der Waals surface area contributed by atoms with Crippen molar-refractivity contribution in [3.05, 3.63) is 89.5 Å². The van der Waals surface area contributed by atoms with Crippen LogP contribution < -0.4 is 9.62 Å². The third-order valence-corrected chi connectivity index (χ3v) is 8.39. The van der Waals surface area contributed by atoms with Gasteiger partial charge in [0, 0.05) is 13.1 Å². The molecule has 1 aliphatic rings. The van der Waals surface area contributed by atoms with E-state index in [4.69, 9.17) is 0 Å². The number of hydrogen-bond acceptors (Lipinski definition) is 4. The summed E-state index contributed by atoms with van der Waals surface area (Å²) in [6.45, 7) is 4.78. The van der Waals surface area contributed by atoms with E-state index in [0.717, 1.165) is 34.7 Å². The Morgan fingerprint density at radius 3 is 2.24 bits per heavy atom. The van der Waals surface area contributed by atoms with Crippen molar-refractivity contribution < 1.29 is 18.0 Å². The van der Waals surface area contributed by atoms with Crippen LogP contribution in [-0.2, 0) is 21.2 Å². The van der Waals surface area contributed by atoms with Gasteiger partial charge in [0.15, 0.2) is 0 Å². The molecule has 194 valence electrons. The maximum Gasteiger partial charge on any atom is 0.264 e. The molecule has 3 aromatic carbocycles. The summed E-state index contributed by atoms with van der Waals surface area (Å²) in [4.78, 5) is 28.4. The largest absolute Gasteiger partial charge is 0.339 e. The molecule has 0 spiro atoms. The Bertz CT molecular complexity index is 1360. The number of nitrogens with one attached hydrogen (secondary N) is 1. The highest BCUT2D eigenvalue weighted by Gasteiger charge is 2.29. The number of rotatable bonds is 8. The fourth-order valence-corrected chi connectivity index (χ4v) is 6.02. The van der Waals surface area contributed by atoms with Crippen molar-refractivity contribution in [2.45, 2.75) is 44.4 Å². The number of aryl methyl sites for hydroxylation is 2. The Labute approximate surface area is 219 Å². The minimum Gasteiger partial charge on any atom is -0.339 e. The zero-order valence-electron chi connectivity index (χ0n) is 21.3. The zero-order chi connectivity index (χ0) is 26.4. The minimum atomic E-state index is -4.04. The molecule has 1 heterocycles. The number of sulfonamides is 1. The number of carbonyl (C=O) groups is 2. The second-order valence-corrected chi connectivity index (χ2v) is 11.1. The summed E-state index contributed by atoms with van der Waals surface area (Å²) >= 11 is 0. The van der Waals surface area contributed by atoms with Crippen molar-refractivity contribution in [2.24, 2.45) is 0 Å². The number of anilines is 2. The first-order chi connectivity index (χ1) is 17.8. The highest BCUT2D eigenvalue weighted by atomic mass is 32.2. The molecule has 0 aromatic heterocycles. The summed E-state index contributed by atoms with van der Waals surface area (Å²) in [6, 6.07) is 20.6. The van der Waals surface area contributed by atoms with Gasteiger partial charge in [-0.05, 0) is 68.5 Å². The molecular formula is C29H33N3O4S. The molecule has 2 amide bonds. The number of benzene rings is 3. The summed E-state index contributed by atoms with van der Waals surface area (Å²) in [5.41, 5.74) is 2.98. The van der Waals surface area contributed by atoms with E-state index in [9.17, 15) is 18.0 Å². The number of piperidine rings is 1. The van der Waals surface area contributed by atoms with Gasteiger partial charge in [0.25, 0.3) is 15.9 Å². The van der Waals surface area contributed by atoms with Crippen LogP contribution in [0, 0.1) is 6.92 Å². The molecule has 1 saturated heterocycles. The lowest BCUT2D eigenvalue weighted by Gasteiger charge is -2.28. The van der Waals surface area contributed by atoms with Gasteiger partial charge < -0.3 is 10.2 Å². The summed E-state index contributed by atoms with van der Waals surface area (Å²) in [7, 11) is -4.04. The monoisotopic (exact) mass is 519 g/mol. The first kappa shape index (κ1) is 26.4. The van der Waals surface area contributed by atoms with Gasteiger partial charge in [-0.1, -0.05) is 55.0 Å². The molecule has 1 aliphatic heterocycles. The van der Waals surface area contributed by atoms with Crippen molar-refractivity contribution in [2.75, 3.05) is 29.3 Å². The number of carbonyl (C=O) groups excluding carboxylic acids is 2. The van der Waals surface area contributed by atoms with Crippen LogP contribution in [0.25, 0.3) is 0 Å². The maximum absolute atomic E-state index is 13.8. The number of nitrogens with zero attached hydrogens (tertiary/aromatic N) is 2. The van der Waals surface area contributed by atoms with E-state index < -0.39 is 22.5 Å². The van der Waals surface area contributed by atoms with Crippen LogP contribution in [0.2, 0.25) is 0 Å². The molecule has 0 atom stereocenters. The molecule has 0 bridgehead atoms. The highest BCUT2D eigenvalue weighted by molar-refractivity contribution is 7.92. The lowest BCUT2D eigenvalue weighted by molar-refractivity contribution is -0.114. The van der Waals surface area contributed by atoms with Crippen LogP contribution in [0.5, 0.6) is 0 Å². The number of likely N-dealkylation sites (tertiary alicyclic amines) is 1. The second kappa shape index (κ2) is 11.6. The smallest absolute Gasteiger partial charge is 0.264 e. The third kappa shape index (κ3) is 6.02. The summed E-state index contributed by atoms with van der Waals surface area (Å²) < 4.78 is 28.7. The van der Waals surface area contributed by atoms with Gasteiger partial charge in [0.2, 0.25) is 5.91 Å². The second-order valence-electron chi connectivity index (χ2n) is 9.25. The predicted octanol–water partition coefficient (Wildman–Crippen LogP) is 5.02. The SMILES string of the molecule is CCc1ccccc1N(CC(=O)Nc1ccccc1C(=O)N1CCCCC1)S(=O)(=O)c1ccc(C)cc1. The van der Waals surface area contributed by atoms with E-state index in [1.54, 1.807) is 65.6 Å². The van der Waals surface area contributed by atoms with Crippen LogP contribution in [-0.4, -0.2) is 44.8 Å². The standard InChI is InChI=1S/C29H33N3O4S/c1-3-23-11-5-8-14-27(23)32(37(35,36)24-17-15-22(2)16-18-24)21-28(33)30-26-13-7-6-12-25(26)29(34)31-19-9-4-10-20-31/h5-8,11-18H,3-4,9-10,19-21H2,1-2H3,(H,30,33). The predicted molar refractivity (Wildman–Crippen MR) is 146 cm³/mol. The quantitative estimate of drug-likeness (QED) is 0.453. The molecule has 4 rings (SSSR count). The Balaban J connectivity index is 1.64. The molecule has 37 heavy (non-hydrogen) atoms. The van der Waals surface area contributed by atoms with Crippen molar-refractivity contribution >= 4 is 33.2 Å². The van der Waals surface area contributed by atoms with Crippen molar-refractivity contribution in [3.8, 4) is 0 Å². The number of amides is 2. The molecule has 0 unspecified atom stereocenters. The van der Waals surface area contributed by atoms with E-state index in [1.807, 2.05) is 26.0 Å². The fraction of sp³-hybridized carbons (Fsp3) is 0.310. The summed E-state index contributed by atoms with van der Waals surface area (Å²) in [6.07, 6.45) is 3.63. The van der Waals surface area contributed by atoms with E-state index in [2.05, 4.69) is 5.32 Å². The first-order valence-corrected chi connectivity index (χ1v) is 14.1. The topological polar surface area (TPSA) is 86.8 Å². The lowest BCUT2D eigenvalue weighted by Crippen LogP contribution is -2.39. The van der Waals surface area contributed by atoms with E-state index in [0.29, 0.717) is 36.4 Å². The zero-order valence-corrected chi connectivity index (χ0v) is 22.1. The molecule has 0 radical (unpaired) electrons. The van der Waals surface area contributed by atoms with Crippen LogP contribution >= 0.6 is 0 Å². The Kier molecular flexibility index (Phi) is 8.28. The molecule has 0 aliphatic carbocycles. The maximum atomic E-state index is 13.8. The van der Waals surface area contributed by atoms with Crippen LogP contribution in [0.4, 0.5) is 11.4 Å². The first-order valence-electron chi connectivity index (χ1n) is 12.7. The third-order valence-electron chi connectivity index (χ3n) is 6.61. The average molecular weight is 520 g/mol. The van der Waals surface area contributed by atoms with Gasteiger partial charge in [-0.25, -0.2) is 8.42 Å². The van der Waals surface area contributed by atoms with Gasteiger partial charge in [-0.3, -0.25) is 13.9 Å². The molecule has 3 aromatic rings. The molecule has 0 saturated carbocycles. The van der Waals surface area contributed by atoms with E-state index in [-0.39, 0.29) is 10.8 Å². The number of para-hydroxylation sites is 2. The van der Waals surface area contributed by atoms with E-state index >= 15 is 0 Å². The van der Waals surface area contributed by atoms with E-state index in [1.165, 1.54) is 0 Å². The van der Waals surface area contributed by atoms with Crippen LogP contribution in [0.15, 0.2) is 77.7 Å². The Hall–Kier alpha value is -3.65. The molecule has 8 heteroatoms. The number of hydrogen-bond donors (Lipinski definition) is 1. The normalized spacial score (nSPS) is 13.7. The molecular weight excluding hydrogens is 486 g/mol. The van der Waals surface area contributed by atoms with Crippen molar-refractivity contribution in [1.82, 2.24) is 4.90 Å². The van der Waals surface area contributed by atoms with Crippen LogP contribution in [0.3, 0.4) is 0 Å². The van der Waals surface area contributed by atoms with Crippen LogP contribution in [0.1, 0.15) is 47.7 Å². The Morgan fingerprint density at radius 2 is 1.54 bits per heavy atom. The van der Waals surface area contributed by atoms with Gasteiger partial charge in [-0.2, -0.15) is 0 Å². The minimum absolute atomic E-state index is 0.109. The van der Waals surface area contributed by atoms with Gasteiger partial charge in [0.05, 0.1) is 21.8 Å². The van der Waals surface area contributed by atoms with Crippen molar-refractivity contribution in [3.63, 3.8) is 0 Å². The van der Waals surface area contributed by atoms with Gasteiger partial charge >= 0.3 is 0 Å². The average Bonchev–Trinajstić information content (AvgIpc) is 2.92. The molecule has 1 fully saturated rings. The van der Waals surface area contributed by atoms with Gasteiger partial charge in [0.1, 0.15) is 6.54 Å². The lowest BCUT2D eigenvalue weighted by atomic mass is 10.1.